The summed E-state index contributed by atoms with van der Waals surface area (Å²) in [6.45, 7) is 2.66. The van der Waals surface area contributed by atoms with E-state index in [9.17, 15) is 9.59 Å². The quantitative estimate of drug-likeness (QED) is 0.604. The Morgan fingerprint density at radius 3 is 2.95 bits per heavy atom. The number of carboxylic acid groups (broad SMARTS) is 1. The number of ether oxygens (including phenoxy) is 1. The minimum atomic E-state index is -0.805. The van der Waals surface area contributed by atoms with E-state index in [1.54, 1.807) is 25.1 Å². The van der Waals surface area contributed by atoms with Crippen LogP contribution in [0.2, 0.25) is 0 Å². The molecule has 0 radical (unpaired) electrons. The Morgan fingerprint density at radius 1 is 1.43 bits per heavy atom. The first kappa shape index (κ1) is 15.2. The number of hydrogen-bond donors (Lipinski definition) is 2. The smallest absolute Gasteiger partial charge is 0.338 e. The maximum Gasteiger partial charge on any atom is 0.338 e. The minimum Gasteiger partial charge on any atom is -0.481 e. The van der Waals surface area contributed by atoms with Crippen molar-refractivity contribution in [3.8, 4) is 0 Å². The molecule has 0 unspecified atom stereocenters. The van der Waals surface area contributed by atoms with Gasteiger partial charge in [0.1, 0.15) is 0 Å². The summed E-state index contributed by atoms with van der Waals surface area (Å²) in [6, 6.07) is 5.22. The largest absolute Gasteiger partial charge is 0.481 e. The van der Waals surface area contributed by atoms with Crippen molar-refractivity contribution < 1.29 is 19.4 Å². The van der Waals surface area contributed by atoms with Crippen molar-refractivity contribution in [3.05, 3.63) is 23.8 Å². The fourth-order valence-electron chi connectivity index (χ4n) is 1.78. The second kappa shape index (κ2) is 7.03. The molecule has 6 nitrogen and oxygen atoms in total. The van der Waals surface area contributed by atoms with E-state index in [2.05, 4.69) is 10.3 Å². The van der Waals surface area contributed by atoms with E-state index in [0.29, 0.717) is 25.1 Å². The highest BCUT2D eigenvalue weighted by atomic mass is 32.1. The number of aromatic nitrogens is 1. The van der Waals surface area contributed by atoms with Crippen LogP contribution in [0, 0.1) is 0 Å². The van der Waals surface area contributed by atoms with Crippen LogP contribution in [0.1, 0.15) is 30.1 Å². The first-order chi connectivity index (χ1) is 10.1. The average molecular weight is 308 g/mol. The lowest BCUT2D eigenvalue weighted by molar-refractivity contribution is -0.137. The molecule has 0 spiro atoms. The number of anilines is 1. The first-order valence-electron chi connectivity index (χ1n) is 6.63. The van der Waals surface area contributed by atoms with E-state index in [-0.39, 0.29) is 12.4 Å². The highest BCUT2D eigenvalue weighted by Gasteiger charge is 2.10. The van der Waals surface area contributed by atoms with Crippen molar-refractivity contribution >= 4 is 38.6 Å². The maximum atomic E-state index is 11.7. The Hall–Kier alpha value is -2.15. The lowest BCUT2D eigenvalue weighted by Gasteiger charge is -2.00. The molecule has 0 bridgehead atoms. The molecule has 0 saturated carbocycles. The fourth-order valence-corrected chi connectivity index (χ4v) is 2.71. The van der Waals surface area contributed by atoms with Gasteiger partial charge in [-0.2, -0.15) is 0 Å². The summed E-state index contributed by atoms with van der Waals surface area (Å²) in [5.41, 5.74) is 1.30. The van der Waals surface area contributed by atoms with E-state index >= 15 is 0 Å². The third kappa shape index (κ3) is 4.16. The van der Waals surface area contributed by atoms with Gasteiger partial charge in [-0.1, -0.05) is 11.3 Å². The van der Waals surface area contributed by atoms with Gasteiger partial charge in [-0.05, 0) is 31.5 Å². The lowest BCUT2D eigenvalue weighted by atomic mass is 10.2. The SMILES string of the molecule is CCOC(=O)c1ccc2nc(NCCCC(=O)O)sc2c1. The topological polar surface area (TPSA) is 88.5 Å². The summed E-state index contributed by atoms with van der Waals surface area (Å²) >= 11 is 1.43. The summed E-state index contributed by atoms with van der Waals surface area (Å²) < 4.78 is 5.85. The van der Waals surface area contributed by atoms with E-state index in [4.69, 9.17) is 9.84 Å². The fraction of sp³-hybridized carbons (Fsp3) is 0.357. The summed E-state index contributed by atoms with van der Waals surface area (Å²) in [5.74, 6) is -1.15. The second-order valence-corrected chi connectivity index (χ2v) is 5.38. The molecule has 1 aromatic heterocycles. The molecule has 0 saturated heterocycles. The van der Waals surface area contributed by atoms with Crippen LogP contribution in [-0.2, 0) is 9.53 Å². The van der Waals surface area contributed by atoms with Crippen molar-refractivity contribution in [3.63, 3.8) is 0 Å². The van der Waals surface area contributed by atoms with Crippen molar-refractivity contribution in [2.45, 2.75) is 19.8 Å². The minimum absolute atomic E-state index is 0.130. The molecule has 2 aromatic rings. The van der Waals surface area contributed by atoms with E-state index in [0.717, 1.165) is 15.3 Å². The van der Waals surface area contributed by atoms with Crippen LogP contribution in [0.25, 0.3) is 10.2 Å². The standard InChI is InChI=1S/C14H16N2O4S/c1-2-20-13(19)9-5-6-10-11(8-9)21-14(16-10)15-7-3-4-12(17)18/h5-6,8H,2-4,7H2,1H3,(H,15,16)(H,17,18). The van der Waals surface area contributed by atoms with Crippen molar-refractivity contribution in [1.29, 1.82) is 0 Å². The predicted molar refractivity (Wildman–Crippen MR) is 80.9 cm³/mol. The molecule has 0 atom stereocenters. The van der Waals surface area contributed by atoms with Gasteiger partial charge in [0.2, 0.25) is 0 Å². The van der Waals surface area contributed by atoms with Gasteiger partial charge in [-0.3, -0.25) is 4.79 Å². The third-order valence-corrected chi connectivity index (χ3v) is 3.72. The number of carboxylic acids is 1. The zero-order valence-corrected chi connectivity index (χ0v) is 12.4. The number of rotatable bonds is 7. The van der Waals surface area contributed by atoms with Gasteiger partial charge >= 0.3 is 11.9 Å². The normalized spacial score (nSPS) is 10.5. The zero-order chi connectivity index (χ0) is 15.2. The molecular weight excluding hydrogens is 292 g/mol. The molecule has 0 aliphatic carbocycles. The van der Waals surface area contributed by atoms with Gasteiger partial charge in [0.25, 0.3) is 0 Å². The van der Waals surface area contributed by atoms with E-state index < -0.39 is 5.97 Å². The molecule has 1 heterocycles. The third-order valence-electron chi connectivity index (χ3n) is 2.74. The van der Waals surface area contributed by atoms with Crippen molar-refractivity contribution in [2.24, 2.45) is 0 Å². The molecule has 112 valence electrons. The van der Waals surface area contributed by atoms with E-state index in [1.165, 1.54) is 11.3 Å². The van der Waals surface area contributed by atoms with E-state index in [1.807, 2.05) is 0 Å². The molecule has 21 heavy (non-hydrogen) atoms. The molecule has 2 rings (SSSR count). The number of aliphatic carboxylic acids is 1. The van der Waals surface area contributed by atoms with Crippen LogP contribution in [0.15, 0.2) is 18.2 Å². The molecule has 0 amide bonds. The molecule has 0 aliphatic heterocycles. The van der Waals surface area contributed by atoms with Gasteiger partial charge in [-0.25, -0.2) is 9.78 Å². The molecule has 0 aliphatic rings. The van der Waals surface area contributed by atoms with Crippen LogP contribution in [0.5, 0.6) is 0 Å². The van der Waals surface area contributed by atoms with Crippen molar-refractivity contribution in [2.75, 3.05) is 18.5 Å². The number of nitrogens with zero attached hydrogens (tertiary/aromatic N) is 1. The van der Waals surface area contributed by atoms with Gasteiger partial charge < -0.3 is 15.2 Å². The Balaban J connectivity index is 2.04. The van der Waals surface area contributed by atoms with Crippen LogP contribution in [0.4, 0.5) is 5.13 Å². The summed E-state index contributed by atoms with van der Waals surface area (Å²) in [7, 11) is 0. The second-order valence-electron chi connectivity index (χ2n) is 4.35. The maximum absolute atomic E-state index is 11.7. The summed E-state index contributed by atoms with van der Waals surface area (Å²) in [6.07, 6.45) is 0.671. The monoisotopic (exact) mass is 308 g/mol. The van der Waals surface area contributed by atoms with Crippen LogP contribution < -0.4 is 5.32 Å². The highest BCUT2D eigenvalue weighted by Crippen LogP contribution is 2.27. The van der Waals surface area contributed by atoms with Gasteiger partial charge in [-0.15, -0.1) is 0 Å². The lowest BCUT2D eigenvalue weighted by Crippen LogP contribution is -2.04. The number of esters is 1. The van der Waals surface area contributed by atoms with Crippen LogP contribution >= 0.6 is 11.3 Å². The molecule has 2 N–H and O–H groups in total. The molecule has 1 aromatic carbocycles. The molecule has 0 fully saturated rings. The van der Waals surface area contributed by atoms with Gasteiger partial charge in [0.15, 0.2) is 5.13 Å². The highest BCUT2D eigenvalue weighted by molar-refractivity contribution is 7.22. The van der Waals surface area contributed by atoms with Crippen LogP contribution in [0.3, 0.4) is 0 Å². The zero-order valence-electron chi connectivity index (χ0n) is 11.6. The average Bonchev–Trinajstić information content (AvgIpc) is 2.85. The van der Waals surface area contributed by atoms with Gasteiger partial charge in [0, 0.05) is 13.0 Å². The Kier molecular flexibility index (Phi) is 5.10. The number of fused-ring (bicyclic) bond motifs is 1. The summed E-state index contributed by atoms with van der Waals surface area (Å²) in [4.78, 5) is 26.5. The first-order valence-corrected chi connectivity index (χ1v) is 7.45. The summed E-state index contributed by atoms with van der Waals surface area (Å²) in [5, 5.41) is 12.4. The number of hydrogen-bond acceptors (Lipinski definition) is 6. The molecular formula is C14H16N2O4S. The predicted octanol–water partition coefficient (Wildman–Crippen LogP) is 2.75. The Morgan fingerprint density at radius 2 is 2.24 bits per heavy atom. The van der Waals surface area contributed by atoms with Crippen molar-refractivity contribution in [1.82, 2.24) is 4.98 Å². The molecule has 7 heteroatoms. The Bertz CT molecular complexity index is 653. The number of carbonyl (C=O) groups excluding carboxylic acids is 1. The Labute approximate surface area is 125 Å². The number of thiazole rings is 1. The number of carbonyl (C=O) groups is 2. The van der Waals surface area contributed by atoms with Gasteiger partial charge in [0.05, 0.1) is 22.4 Å². The number of nitrogens with one attached hydrogen (secondary N) is 1. The number of benzene rings is 1. The van der Waals surface area contributed by atoms with Crippen LogP contribution in [-0.4, -0.2) is 35.2 Å².